The van der Waals surface area contributed by atoms with Gasteiger partial charge in [0.05, 0.1) is 0 Å². The molecule has 0 amide bonds. The van der Waals surface area contributed by atoms with Crippen LogP contribution < -0.4 is 0 Å². The monoisotopic (exact) mass is 306 g/mol. The molecule has 0 rings (SSSR count). The van der Waals surface area contributed by atoms with E-state index in [2.05, 4.69) is 0 Å². The fraction of sp³-hybridized carbons (Fsp3) is 0. The summed E-state index contributed by atoms with van der Waals surface area (Å²) in [5.74, 6) is 0. The zero-order chi connectivity index (χ0) is 0. The normalized spacial score (nSPS) is 0. The van der Waals surface area contributed by atoms with E-state index < -0.39 is 0 Å². The van der Waals surface area contributed by atoms with Crippen molar-refractivity contribution in [1.82, 2.24) is 0 Å². The Morgan fingerprint density at radius 2 is 1.00 bits per heavy atom. The van der Waals surface area contributed by atoms with Crippen molar-refractivity contribution in [2.45, 2.75) is 0 Å². The first kappa shape index (κ1) is 34.6. The Labute approximate surface area is 71.7 Å². The van der Waals surface area contributed by atoms with Gasteiger partial charge < -0.3 is 0 Å². The molecule has 0 fully saturated rings. The van der Waals surface area contributed by atoms with E-state index in [9.17, 15) is 0 Å². The molecule has 28 valence electrons. The van der Waals surface area contributed by atoms with Crippen molar-refractivity contribution in [3.05, 3.63) is 0 Å². The van der Waals surface area contributed by atoms with E-state index in [0.717, 1.165) is 0 Å². The average molecular weight is 306 g/mol. The van der Waals surface area contributed by atoms with Crippen molar-refractivity contribution in [2.24, 2.45) is 0 Å². The van der Waals surface area contributed by atoms with Crippen molar-refractivity contribution in [2.75, 3.05) is 0 Å². The van der Waals surface area contributed by atoms with Crippen molar-refractivity contribution >= 4 is 28.3 Å². The van der Waals surface area contributed by atoms with Gasteiger partial charge >= 0.3 is 0 Å². The zero-order valence-corrected chi connectivity index (χ0v) is 7.53. The summed E-state index contributed by atoms with van der Waals surface area (Å²) in [4.78, 5) is 0. The van der Waals surface area contributed by atoms with Crippen LogP contribution >= 0.6 is 0 Å². The molecule has 0 saturated heterocycles. The summed E-state index contributed by atoms with van der Waals surface area (Å²) in [6.45, 7) is 0. The van der Waals surface area contributed by atoms with E-state index in [4.69, 9.17) is 0 Å². The fourth-order valence-corrected chi connectivity index (χ4v) is 0. The first-order chi connectivity index (χ1) is 0. The van der Waals surface area contributed by atoms with Gasteiger partial charge in [-0.1, -0.05) is 0 Å². The summed E-state index contributed by atoms with van der Waals surface area (Å²) in [5.41, 5.74) is 0. The second-order valence-corrected chi connectivity index (χ2v) is 0. The second-order valence-electron chi connectivity index (χ2n) is 0. The molecule has 0 atom stereocenters. The van der Waals surface area contributed by atoms with Crippen LogP contribution in [0.25, 0.3) is 0 Å². The van der Waals surface area contributed by atoms with Crippen LogP contribution in [0.2, 0.25) is 0 Å². The van der Waals surface area contributed by atoms with E-state index in [0.29, 0.717) is 0 Å². The maximum atomic E-state index is 0. The van der Waals surface area contributed by atoms with Gasteiger partial charge in [0.25, 0.3) is 0 Å². The molecule has 0 heterocycles. The predicted molar refractivity (Wildman–Crippen MR) is 19.9 cm³/mol. The van der Waals surface area contributed by atoms with Gasteiger partial charge in [-0.25, -0.2) is 0 Å². The minimum Gasteiger partial charge on any atom is -0.0125 e. The summed E-state index contributed by atoms with van der Waals surface area (Å²) < 4.78 is 0. The molecule has 2 radical (unpaired) electrons. The molecule has 0 aromatic carbocycles. The van der Waals surface area contributed by atoms with Gasteiger partial charge in [-0.2, -0.15) is 0 Å². The fourth-order valence-electron chi connectivity index (χ4n) is 0. The van der Waals surface area contributed by atoms with Crippen molar-refractivity contribution in [1.29, 1.82) is 0 Å². The smallest absolute Gasteiger partial charge is 0.0125 e. The van der Waals surface area contributed by atoms with Crippen molar-refractivity contribution < 1.29 is 44.1 Å². The van der Waals surface area contributed by atoms with Gasteiger partial charge in [0.15, 0.2) is 17.4 Å². The topological polar surface area (TPSA) is 0 Å². The molecule has 0 aromatic heterocycles. The van der Waals surface area contributed by atoms with Gasteiger partial charge in [-0.15, -0.1) is 0 Å². The Bertz CT molecular complexity index is 8.00. The maximum Gasteiger partial charge on any atom is 0.187 e. The van der Waals surface area contributed by atoms with Crippen LogP contribution in [0, 0.1) is 0 Å². The van der Waals surface area contributed by atoms with E-state index in [1.54, 1.807) is 0 Å². The van der Waals surface area contributed by atoms with Crippen LogP contribution in [-0.4, -0.2) is 28.3 Å². The number of hydrogen-bond donors (Lipinski definition) is 0. The Hall–Kier alpha value is 2.20. The van der Waals surface area contributed by atoms with Gasteiger partial charge in [-0.05, 0) is 11.0 Å². The Morgan fingerprint density at radius 3 is 1.00 bits per heavy atom. The minimum atomic E-state index is 0. The van der Waals surface area contributed by atoms with Crippen LogP contribution in [0.4, 0.5) is 0 Å². The summed E-state index contributed by atoms with van der Waals surface area (Å²) in [5, 5.41) is 0. The summed E-state index contributed by atoms with van der Waals surface area (Å²) >= 11 is 0. The quantitative estimate of drug-likeness (QED) is 0.439. The molecule has 0 aliphatic rings. The van der Waals surface area contributed by atoms with Crippen LogP contribution in [0.1, 0.15) is 0 Å². The van der Waals surface area contributed by atoms with E-state index >= 15 is 0 Å². The van der Waals surface area contributed by atoms with Gasteiger partial charge in [0, 0.05) is 44.1 Å². The van der Waals surface area contributed by atoms with Crippen LogP contribution in [-0.2, 0) is 44.1 Å². The molecule has 0 unspecified atom stereocenters. The van der Waals surface area contributed by atoms with Crippen molar-refractivity contribution in [3.8, 4) is 0 Å². The molecular weight excluding hydrogens is 300 g/mol. The molecule has 4 heteroatoms. The average Bonchev–Trinajstić information content (AvgIpc) is 0. The summed E-state index contributed by atoms with van der Waals surface area (Å²) in [6.07, 6.45) is 0. The third-order valence-corrected chi connectivity index (χ3v) is 0. The first-order valence-corrected chi connectivity index (χ1v) is 0. The van der Waals surface area contributed by atoms with E-state index in [1.165, 1.54) is 0 Å². The number of rotatable bonds is 0. The molecule has 0 N–H and O–H groups in total. The molecule has 0 bridgehead atoms. The Morgan fingerprint density at radius 1 is 1.00 bits per heavy atom. The van der Waals surface area contributed by atoms with Gasteiger partial charge in [0.1, 0.15) is 0 Å². The molecule has 0 aromatic rings. The van der Waals surface area contributed by atoms with Gasteiger partial charge in [0.2, 0.25) is 0 Å². The molecular formula is H6AlAuSiTi. The Balaban J connectivity index is 0. The third-order valence-electron chi connectivity index (χ3n) is 0. The van der Waals surface area contributed by atoms with Gasteiger partial charge in [-0.3, -0.25) is 0 Å². The van der Waals surface area contributed by atoms with Crippen LogP contribution in [0.5, 0.6) is 0 Å². The Kier molecular flexibility index (Phi) is 164. The summed E-state index contributed by atoms with van der Waals surface area (Å²) in [7, 11) is 0. The van der Waals surface area contributed by atoms with Crippen molar-refractivity contribution in [3.63, 3.8) is 0 Å². The first-order valence-electron chi connectivity index (χ1n) is 0. The maximum absolute atomic E-state index is 0. The van der Waals surface area contributed by atoms with Crippen LogP contribution in [0.3, 0.4) is 0 Å². The SMILES string of the molecule is [AlH3].[Au].[SiH3].[Ti]. The molecule has 0 nitrogen and oxygen atoms in total. The molecule has 4 heavy (non-hydrogen) atoms. The number of hydrogen-bond acceptors (Lipinski definition) is 0. The molecule has 0 aliphatic heterocycles. The molecule has 0 spiro atoms. The molecule has 0 saturated carbocycles. The van der Waals surface area contributed by atoms with E-state index in [-0.39, 0.29) is 72.4 Å². The van der Waals surface area contributed by atoms with Crippen LogP contribution in [0.15, 0.2) is 0 Å². The second kappa shape index (κ2) is 18.9. The zero-order valence-electron chi connectivity index (χ0n) is 1.80. The largest absolute Gasteiger partial charge is 0.187 e. The predicted octanol–water partition coefficient (Wildman–Crippen LogP) is -2.37. The standard InChI is InChI=1S/Al.Au.H3Si.Ti.3H/h;;1H3;;;;. The molecule has 0 aliphatic carbocycles. The van der Waals surface area contributed by atoms with E-state index in [1.807, 2.05) is 0 Å². The summed E-state index contributed by atoms with van der Waals surface area (Å²) in [6, 6.07) is 0. The minimum absolute atomic E-state index is 0. The third kappa shape index (κ3) is 8.88.